The van der Waals surface area contributed by atoms with Crippen LogP contribution >= 0.6 is 11.3 Å². The molecule has 14 heteroatoms. The summed E-state index contributed by atoms with van der Waals surface area (Å²) < 4.78 is 80.5. The molecule has 0 aromatic carbocycles. The second kappa shape index (κ2) is 7.00. The lowest BCUT2D eigenvalue weighted by atomic mass is 10.2. The molecule has 3 aromatic heterocycles. The number of alkyl halides is 6. The smallest absolute Gasteiger partial charge is 0.399 e. The van der Waals surface area contributed by atoms with Crippen LogP contribution in [0.15, 0.2) is 16.8 Å². The molecule has 0 radical (unpaired) electrons. The van der Waals surface area contributed by atoms with Crippen molar-refractivity contribution in [2.45, 2.75) is 18.8 Å². The molecule has 1 aliphatic heterocycles. The van der Waals surface area contributed by atoms with Crippen molar-refractivity contribution in [1.82, 2.24) is 20.2 Å². The molecule has 0 bridgehead atoms. The number of rotatable bonds is 3. The lowest BCUT2D eigenvalue weighted by molar-refractivity contribution is -0.157. The Morgan fingerprint density at radius 2 is 1.66 bits per heavy atom. The summed E-state index contributed by atoms with van der Waals surface area (Å²) in [5.74, 6) is -0.927. The van der Waals surface area contributed by atoms with Crippen LogP contribution in [0.3, 0.4) is 0 Å². The van der Waals surface area contributed by atoms with Gasteiger partial charge in [0.1, 0.15) is 17.0 Å². The summed E-state index contributed by atoms with van der Waals surface area (Å²) in [6.45, 7) is 1.29. The first-order valence-electron chi connectivity index (χ1n) is 8.31. The molecule has 1 aliphatic rings. The van der Waals surface area contributed by atoms with Crippen molar-refractivity contribution in [2.75, 3.05) is 36.0 Å². The van der Waals surface area contributed by atoms with Crippen LogP contribution in [0.4, 0.5) is 38.2 Å². The molecule has 1 fully saturated rings. The van der Waals surface area contributed by atoms with Crippen molar-refractivity contribution >= 4 is 33.4 Å². The predicted octanol–water partition coefficient (Wildman–Crippen LogP) is 3.52. The van der Waals surface area contributed by atoms with Gasteiger partial charge in [-0.1, -0.05) is 5.10 Å². The molecule has 0 aliphatic carbocycles. The number of fused-ring (bicyclic) bond motifs is 1. The largest absolute Gasteiger partial charge is 0.470 e. The molecule has 29 heavy (non-hydrogen) atoms. The molecule has 156 valence electrons. The summed E-state index contributed by atoms with van der Waals surface area (Å²) in [6, 6.07) is 1.20. The maximum atomic E-state index is 12.7. The number of thiophene rings is 1. The van der Waals surface area contributed by atoms with Gasteiger partial charge in [0.15, 0.2) is 0 Å². The maximum absolute atomic E-state index is 12.7. The zero-order valence-electron chi connectivity index (χ0n) is 14.5. The molecule has 0 unspecified atom stereocenters. The number of nitrogens with zero attached hydrogens (tertiary/aromatic N) is 6. The minimum absolute atomic E-state index is 0.137. The normalized spacial score (nSPS) is 16.1. The van der Waals surface area contributed by atoms with Crippen molar-refractivity contribution in [1.29, 1.82) is 0 Å². The Morgan fingerprint density at radius 3 is 2.28 bits per heavy atom. The van der Waals surface area contributed by atoms with Gasteiger partial charge in [0.25, 0.3) is 0 Å². The van der Waals surface area contributed by atoms with E-state index in [0.717, 1.165) is 11.3 Å². The van der Waals surface area contributed by atoms with Gasteiger partial charge in [-0.25, -0.2) is 9.97 Å². The van der Waals surface area contributed by atoms with Crippen LogP contribution in [0.1, 0.15) is 10.8 Å². The number of halogens is 6. The van der Waals surface area contributed by atoms with E-state index in [1.165, 1.54) is 17.3 Å². The number of aromatic nitrogens is 4. The monoisotopic (exact) mass is 438 g/mol. The Labute approximate surface area is 163 Å². The highest BCUT2D eigenvalue weighted by Crippen LogP contribution is 2.34. The lowest BCUT2D eigenvalue weighted by Gasteiger charge is -2.34. The fourth-order valence-electron chi connectivity index (χ4n) is 3.00. The van der Waals surface area contributed by atoms with Crippen LogP contribution < -0.4 is 9.80 Å². The first-order valence-corrected chi connectivity index (χ1v) is 9.12. The van der Waals surface area contributed by atoms with Crippen molar-refractivity contribution < 1.29 is 30.8 Å². The third kappa shape index (κ3) is 4.21. The Morgan fingerprint density at radius 1 is 0.966 bits per heavy atom. The molecule has 0 saturated carbocycles. The van der Waals surface area contributed by atoms with E-state index in [1.54, 1.807) is 0 Å². The van der Waals surface area contributed by atoms with Gasteiger partial charge in [-0.2, -0.15) is 26.3 Å². The van der Waals surface area contributed by atoms with E-state index in [1.807, 2.05) is 4.90 Å². The molecule has 7 nitrogen and oxygen atoms in total. The van der Waals surface area contributed by atoms with E-state index >= 15 is 0 Å². The van der Waals surface area contributed by atoms with E-state index in [9.17, 15) is 26.3 Å². The summed E-state index contributed by atoms with van der Waals surface area (Å²) in [5.41, 5.74) is 0. The van der Waals surface area contributed by atoms with E-state index in [0.29, 0.717) is 29.1 Å². The van der Waals surface area contributed by atoms with Gasteiger partial charge in [0, 0.05) is 31.1 Å². The molecule has 0 spiro atoms. The number of piperazine rings is 1. The molecule has 4 heterocycles. The van der Waals surface area contributed by atoms with Crippen molar-refractivity contribution in [3.63, 3.8) is 0 Å². The van der Waals surface area contributed by atoms with Crippen molar-refractivity contribution in [3.05, 3.63) is 23.2 Å². The van der Waals surface area contributed by atoms with Gasteiger partial charge in [-0.05, 0) is 6.07 Å². The first kappa shape index (κ1) is 19.7. The molecule has 0 atom stereocenters. The van der Waals surface area contributed by atoms with E-state index in [4.69, 9.17) is 0 Å². The third-order valence-corrected chi connectivity index (χ3v) is 5.28. The number of hydrogen-bond donors (Lipinski definition) is 0. The SMILES string of the molecule is FC(F)(F)Cc1cc2c(N3CCN(c4nnc(C(F)(F)F)o4)CC3)ncnc2s1. The second-order valence-corrected chi connectivity index (χ2v) is 7.40. The van der Waals surface area contributed by atoms with Gasteiger partial charge in [-0.3, -0.25) is 0 Å². The van der Waals surface area contributed by atoms with Crippen LogP contribution in [0.2, 0.25) is 0 Å². The molecule has 4 rings (SSSR count). The molecule has 3 aromatic rings. The summed E-state index contributed by atoms with van der Waals surface area (Å²) in [4.78, 5) is 12.2. The summed E-state index contributed by atoms with van der Waals surface area (Å²) in [7, 11) is 0. The highest BCUT2D eigenvalue weighted by Gasteiger charge is 2.39. The summed E-state index contributed by atoms with van der Waals surface area (Å²) in [6.07, 6.45) is -8.79. The lowest BCUT2D eigenvalue weighted by Crippen LogP contribution is -2.47. The van der Waals surface area contributed by atoms with Crippen LogP contribution in [-0.2, 0) is 12.6 Å². The minimum Gasteiger partial charge on any atom is -0.399 e. The fraction of sp³-hybridized carbons (Fsp3) is 0.467. The standard InChI is InChI=1S/C15H12F6N6OS/c16-14(17,18)6-8-5-9-10(22-7-23-11(9)29-8)26-1-3-27(4-2-26)13-25-24-12(28-13)15(19,20)21/h5,7H,1-4,6H2. The zero-order chi connectivity index (χ0) is 20.8. The maximum Gasteiger partial charge on any atom is 0.470 e. The summed E-state index contributed by atoms with van der Waals surface area (Å²) in [5, 5.41) is 6.95. The topological polar surface area (TPSA) is 71.2 Å². The van der Waals surface area contributed by atoms with E-state index in [2.05, 4.69) is 24.6 Å². The van der Waals surface area contributed by atoms with E-state index in [-0.39, 0.29) is 24.0 Å². The zero-order valence-corrected chi connectivity index (χ0v) is 15.3. The Bertz CT molecular complexity index is 1010. The molecule has 0 amide bonds. The molecule has 1 saturated heterocycles. The Balaban J connectivity index is 1.50. The Kier molecular flexibility index (Phi) is 4.75. The molecular formula is C15H12F6N6OS. The van der Waals surface area contributed by atoms with Crippen LogP contribution in [0.5, 0.6) is 0 Å². The second-order valence-electron chi connectivity index (χ2n) is 6.28. The van der Waals surface area contributed by atoms with Crippen LogP contribution in [0.25, 0.3) is 10.2 Å². The van der Waals surface area contributed by atoms with Gasteiger partial charge < -0.3 is 14.2 Å². The number of anilines is 2. The average molecular weight is 438 g/mol. The average Bonchev–Trinajstić information content (AvgIpc) is 3.26. The van der Waals surface area contributed by atoms with Gasteiger partial charge in [0.05, 0.1) is 11.8 Å². The Hall–Kier alpha value is -2.64. The quantitative estimate of drug-likeness (QED) is 0.580. The summed E-state index contributed by atoms with van der Waals surface area (Å²) >= 11 is 0.957. The third-order valence-electron chi connectivity index (χ3n) is 4.24. The van der Waals surface area contributed by atoms with Gasteiger partial charge >= 0.3 is 24.3 Å². The minimum atomic E-state index is -4.72. The van der Waals surface area contributed by atoms with Gasteiger partial charge in [0.2, 0.25) is 0 Å². The predicted molar refractivity (Wildman–Crippen MR) is 90.9 cm³/mol. The van der Waals surface area contributed by atoms with Crippen LogP contribution in [0, 0.1) is 0 Å². The highest BCUT2D eigenvalue weighted by molar-refractivity contribution is 7.18. The van der Waals surface area contributed by atoms with Crippen LogP contribution in [-0.4, -0.2) is 52.5 Å². The fourth-order valence-corrected chi connectivity index (χ4v) is 4.02. The van der Waals surface area contributed by atoms with E-state index < -0.39 is 24.7 Å². The number of hydrogen-bond acceptors (Lipinski definition) is 8. The van der Waals surface area contributed by atoms with Gasteiger partial charge in [-0.15, -0.1) is 16.4 Å². The van der Waals surface area contributed by atoms with Crippen molar-refractivity contribution in [2.24, 2.45) is 0 Å². The van der Waals surface area contributed by atoms with Crippen molar-refractivity contribution in [3.8, 4) is 0 Å². The first-order chi connectivity index (χ1) is 13.6. The molecular weight excluding hydrogens is 426 g/mol. The molecule has 0 N–H and O–H groups in total. The highest BCUT2D eigenvalue weighted by atomic mass is 32.1.